The number of nitrogens with zero attached hydrogens (tertiary/aromatic N) is 1. The van der Waals surface area contributed by atoms with Gasteiger partial charge in [0.25, 0.3) is 5.56 Å². The molecule has 0 unspecified atom stereocenters. The van der Waals surface area contributed by atoms with Crippen LogP contribution >= 0.6 is 0 Å². The first-order valence-electron chi connectivity index (χ1n) is 5.13. The highest BCUT2D eigenvalue weighted by atomic mass is 16.5. The minimum absolute atomic E-state index is 0.100. The summed E-state index contributed by atoms with van der Waals surface area (Å²) in [6.45, 7) is 5.69. The molecule has 0 spiro atoms. The van der Waals surface area contributed by atoms with Crippen molar-refractivity contribution in [1.82, 2.24) is 4.57 Å². The zero-order valence-corrected chi connectivity index (χ0v) is 10.1. The summed E-state index contributed by atoms with van der Waals surface area (Å²) in [7, 11) is 1.35. The van der Waals surface area contributed by atoms with Crippen LogP contribution in [0.5, 0.6) is 0 Å². The van der Waals surface area contributed by atoms with E-state index in [1.165, 1.54) is 13.2 Å². The fourth-order valence-corrected chi connectivity index (χ4v) is 1.56. The number of aromatic nitrogens is 1. The van der Waals surface area contributed by atoms with Gasteiger partial charge in [-0.3, -0.25) is 9.59 Å². The molecule has 0 atom stereocenters. The SMILES string of the molecule is COC(=O)C(C)(C)Cn1c(C)cccc1=O. The van der Waals surface area contributed by atoms with Gasteiger partial charge < -0.3 is 9.30 Å². The topological polar surface area (TPSA) is 48.3 Å². The number of rotatable bonds is 3. The van der Waals surface area contributed by atoms with Crippen LogP contribution < -0.4 is 5.56 Å². The molecule has 0 N–H and O–H groups in total. The van der Waals surface area contributed by atoms with Crippen LogP contribution in [0.3, 0.4) is 0 Å². The molecule has 1 rings (SSSR count). The van der Waals surface area contributed by atoms with Gasteiger partial charge in [-0.2, -0.15) is 0 Å². The summed E-state index contributed by atoms with van der Waals surface area (Å²) in [6.07, 6.45) is 0. The molecule has 1 heterocycles. The maximum absolute atomic E-state index is 11.6. The lowest BCUT2D eigenvalue weighted by molar-refractivity contribution is -0.151. The van der Waals surface area contributed by atoms with Gasteiger partial charge in [0.1, 0.15) is 0 Å². The Labute approximate surface area is 94.9 Å². The van der Waals surface area contributed by atoms with E-state index < -0.39 is 5.41 Å². The number of ether oxygens (including phenoxy) is 1. The largest absolute Gasteiger partial charge is 0.469 e. The van der Waals surface area contributed by atoms with E-state index in [0.29, 0.717) is 6.54 Å². The van der Waals surface area contributed by atoms with Crippen LogP contribution in [-0.2, 0) is 16.1 Å². The summed E-state index contributed by atoms with van der Waals surface area (Å²) >= 11 is 0. The van der Waals surface area contributed by atoms with Crippen molar-refractivity contribution in [2.45, 2.75) is 27.3 Å². The molecule has 1 aromatic heterocycles. The van der Waals surface area contributed by atoms with Gasteiger partial charge in [-0.05, 0) is 26.8 Å². The van der Waals surface area contributed by atoms with Crippen molar-refractivity contribution < 1.29 is 9.53 Å². The second-order valence-electron chi connectivity index (χ2n) is 4.47. The van der Waals surface area contributed by atoms with E-state index in [9.17, 15) is 9.59 Å². The molecule has 0 fully saturated rings. The van der Waals surface area contributed by atoms with Gasteiger partial charge in [-0.1, -0.05) is 6.07 Å². The van der Waals surface area contributed by atoms with Crippen molar-refractivity contribution >= 4 is 5.97 Å². The van der Waals surface area contributed by atoms with Crippen LogP contribution in [0.25, 0.3) is 0 Å². The van der Waals surface area contributed by atoms with Crippen molar-refractivity contribution in [2.24, 2.45) is 5.41 Å². The first-order chi connectivity index (χ1) is 7.38. The van der Waals surface area contributed by atoms with Gasteiger partial charge in [-0.15, -0.1) is 0 Å². The fourth-order valence-electron chi connectivity index (χ4n) is 1.56. The Bertz CT molecular complexity index is 446. The second-order valence-corrected chi connectivity index (χ2v) is 4.47. The average Bonchev–Trinajstić information content (AvgIpc) is 2.22. The van der Waals surface area contributed by atoms with Crippen LogP contribution in [0, 0.1) is 12.3 Å². The van der Waals surface area contributed by atoms with Crippen molar-refractivity contribution in [3.63, 3.8) is 0 Å². The smallest absolute Gasteiger partial charge is 0.313 e. The molecule has 16 heavy (non-hydrogen) atoms. The number of carbonyl (C=O) groups excluding carboxylic acids is 1. The molecule has 4 heteroatoms. The number of aryl methyl sites for hydroxylation is 1. The molecule has 0 aliphatic heterocycles. The van der Waals surface area contributed by atoms with Crippen LogP contribution in [-0.4, -0.2) is 17.6 Å². The number of esters is 1. The zero-order chi connectivity index (χ0) is 12.3. The van der Waals surface area contributed by atoms with Gasteiger partial charge in [0, 0.05) is 18.3 Å². The Morgan fingerprint density at radius 2 is 2.06 bits per heavy atom. The van der Waals surface area contributed by atoms with Gasteiger partial charge in [-0.25, -0.2) is 0 Å². The van der Waals surface area contributed by atoms with Crippen molar-refractivity contribution in [3.05, 3.63) is 34.2 Å². The molecule has 0 saturated heterocycles. The molecule has 0 aromatic carbocycles. The zero-order valence-electron chi connectivity index (χ0n) is 10.1. The molecule has 0 amide bonds. The van der Waals surface area contributed by atoms with E-state index in [-0.39, 0.29) is 11.5 Å². The highest BCUT2D eigenvalue weighted by Crippen LogP contribution is 2.19. The fraction of sp³-hybridized carbons (Fsp3) is 0.500. The minimum atomic E-state index is -0.704. The highest BCUT2D eigenvalue weighted by Gasteiger charge is 2.29. The third kappa shape index (κ3) is 2.51. The lowest BCUT2D eigenvalue weighted by Gasteiger charge is -2.23. The van der Waals surface area contributed by atoms with Crippen LogP contribution in [0.1, 0.15) is 19.5 Å². The highest BCUT2D eigenvalue weighted by molar-refractivity contribution is 5.75. The Balaban J connectivity index is 3.05. The summed E-state index contributed by atoms with van der Waals surface area (Å²) in [6, 6.07) is 5.04. The number of pyridine rings is 1. The maximum Gasteiger partial charge on any atom is 0.313 e. The maximum atomic E-state index is 11.6. The summed E-state index contributed by atoms with van der Waals surface area (Å²) < 4.78 is 6.29. The Hall–Kier alpha value is -1.58. The van der Waals surface area contributed by atoms with Crippen molar-refractivity contribution in [2.75, 3.05) is 7.11 Å². The molecule has 0 aliphatic rings. The summed E-state index contributed by atoms with van der Waals surface area (Å²) in [5.41, 5.74) is 0.0338. The summed E-state index contributed by atoms with van der Waals surface area (Å²) in [4.78, 5) is 23.2. The third-order valence-corrected chi connectivity index (χ3v) is 2.56. The summed E-state index contributed by atoms with van der Waals surface area (Å²) in [5.74, 6) is -0.317. The van der Waals surface area contributed by atoms with E-state index >= 15 is 0 Å². The lowest BCUT2D eigenvalue weighted by atomic mass is 9.93. The molecular weight excluding hydrogens is 206 g/mol. The Morgan fingerprint density at radius 1 is 1.44 bits per heavy atom. The van der Waals surface area contributed by atoms with E-state index in [1.807, 2.05) is 13.0 Å². The van der Waals surface area contributed by atoms with Crippen molar-refractivity contribution in [3.8, 4) is 0 Å². The molecule has 0 bridgehead atoms. The van der Waals surface area contributed by atoms with Gasteiger partial charge in [0.15, 0.2) is 0 Å². The normalized spacial score (nSPS) is 11.2. The lowest BCUT2D eigenvalue weighted by Crippen LogP contribution is -2.35. The van der Waals surface area contributed by atoms with Crippen LogP contribution in [0.15, 0.2) is 23.0 Å². The van der Waals surface area contributed by atoms with Gasteiger partial charge in [0.05, 0.1) is 12.5 Å². The number of hydrogen-bond acceptors (Lipinski definition) is 3. The molecule has 0 radical (unpaired) electrons. The monoisotopic (exact) mass is 223 g/mol. The predicted octanol–water partition coefficient (Wildman–Crippen LogP) is 1.36. The average molecular weight is 223 g/mol. The quantitative estimate of drug-likeness (QED) is 0.727. The first kappa shape index (κ1) is 12.5. The molecule has 0 aliphatic carbocycles. The van der Waals surface area contributed by atoms with Gasteiger partial charge in [0.2, 0.25) is 0 Å². The van der Waals surface area contributed by atoms with Crippen molar-refractivity contribution in [1.29, 1.82) is 0 Å². The number of hydrogen-bond donors (Lipinski definition) is 0. The number of carbonyl (C=O) groups is 1. The minimum Gasteiger partial charge on any atom is -0.469 e. The van der Waals surface area contributed by atoms with E-state index in [1.54, 1.807) is 24.5 Å². The molecular formula is C12H17NO3. The number of methoxy groups -OCH3 is 1. The molecule has 4 nitrogen and oxygen atoms in total. The second kappa shape index (κ2) is 4.51. The Morgan fingerprint density at radius 3 is 2.56 bits per heavy atom. The third-order valence-electron chi connectivity index (χ3n) is 2.56. The van der Waals surface area contributed by atoms with Gasteiger partial charge >= 0.3 is 5.97 Å². The molecule has 0 saturated carbocycles. The summed E-state index contributed by atoms with van der Waals surface area (Å²) in [5, 5.41) is 0. The van der Waals surface area contributed by atoms with Crippen LogP contribution in [0.2, 0.25) is 0 Å². The van der Waals surface area contributed by atoms with E-state index in [0.717, 1.165) is 5.69 Å². The molecule has 88 valence electrons. The van der Waals surface area contributed by atoms with Crippen LogP contribution in [0.4, 0.5) is 0 Å². The standard InChI is InChI=1S/C12H17NO3/c1-9-6-5-7-10(14)13(9)8-12(2,3)11(15)16-4/h5-7H,8H2,1-4H3. The van der Waals surface area contributed by atoms with E-state index in [2.05, 4.69) is 0 Å². The Kier molecular flexibility index (Phi) is 3.52. The first-order valence-corrected chi connectivity index (χ1v) is 5.13. The van der Waals surface area contributed by atoms with E-state index in [4.69, 9.17) is 4.74 Å². The predicted molar refractivity (Wildman–Crippen MR) is 61.2 cm³/mol. The molecule has 1 aromatic rings.